The maximum absolute atomic E-state index is 12.0. The molecule has 5 heteroatoms. The molecule has 0 spiro atoms. The fraction of sp³-hybridized carbons (Fsp3) is 0.867. The summed E-state index contributed by atoms with van der Waals surface area (Å²) in [4.78, 5) is 16.5. The third-order valence-electron chi connectivity index (χ3n) is 3.69. The van der Waals surface area contributed by atoms with Gasteiger partial charge in [-0.2, -0.15) is 0 Å². The van der Waals surface area contributed by atoms with E-state index in [1.807, 2.05) is 20.8 Å². The normalized spacial score (nSPS) is 28.1. The van der Waals surface area contributed by atoms with Gasteiger partial charge in [0.05, 0.1) is 12.0 Å². The quantitative estimate of drug-likeness (QED) is 0.471. The Morgan fingerprint density at radius 1 is 1.15 bits per heavy atom. The van der Waals surface area contributed by atoms with Gasteiger partial charge in [0.1, 0.15) is 5.60 Å². The minimum Gasteiger partial charge on any atom is -0.460 e. The maximum atomic E-state index is 12.0. The Labute approximate surface area is 121 Å². The Hall–Kier alpha value is -1.26. The van der Waals surface area contributed by atoms with Crippen LogP contribution in [0.3, 0.4) is 0 Å². The zero-order valence-corrected chi connectivity index (χ0v) is 12.8. The Morgan fingerprint density at radius 2 is 1.75 bits per heavy atom. The first-order valence-corrected chi connectivity index (χ1v) is 7.66. The molecule has 0 heterocycles. The van der Waals surface area contributed by atoms with Crippen LogP contribution < -0.4 is 11.1 Å². The summed E-state index contributed by atoms with van der Waals surface area (Å²) in [5.74, 6) is 0.524. The van der Waals surface area contributed by atoms with Crippen LogP contribution >= 0.6 is 0 Å². The number of rotatable bonds is 3. The number of guanidine groups is 1. The highest BCUT2D eigenvalue weighted by Crippen LogP contribution is 2.28. The van der Waals surface area contributed by atoms with Crippen LogP contribution in [0, 0.1) is 5.92 Å². The standard InChI is InChI=1S/C15H27N3O2/c1-15(2,3)20-13(19)10-4-6-11(7-5-10)17-14(16)18-12-8-9-12/h10-12H,4-9H2,1-3H3,(H3,16,17,18). The van der Waals surface area contributed by atoms with E-state index in [2.05, 4.69) is 10.3 Å². The highest BCUT2D eigenvalue weighted by molar-refractivity contribution is 5.78. The smallest absolute Gasteiger partial charge is 0.309 e. The Bertz CT molecular complexity index is 375. The molecule has 114 valence electrons. The van der Waals surface area contributed by atoms with Crippen LogP contribution in [-0.4, -0.2) is 29.6 Å². The van der Waals surface area contributed by atoms with Crippen molar-refractivity contribution in [3.8, 4) is 0 Å². The number of esters is 1. The van der Waals surface area contributed by atoms with Crippen molar-refractivity contribution in [1.82, 2.24) is 5.32 Å². The Morgan fingerprint density at radius 3 is 2.25 bits per heavy atom. The first kappa shape index (κ1) is 15.1. The number of hydrogen-bond acceptors (Lipinski definition) is 3. The second kappa shape index (κ2) is 6.02. The molecule has 0 unspecified atom stereocenters. The number of nitrogens with zero attached hydrogens (tertiary/aromatic N) is 1. The molecule has 0 aromatic carbocycles. The summed E-state index contributed by atoms with van der Waals surface area (Å²) in [5, 5.41) is 3.20. The minimum absolute atomic E-state index is 0.0262. The lowest BCUT2D eigenvalue weighted by molar-refractivity contribution is -0.161. The van der Waals surface area contributed by atoms with Crippen molar-refractivity contribution < 1.29 is 9.53 Å². The summed E-state index contributed by atoms with van der Waals surface area (Å²) in [7, 11) is 0. The number of carbonyl (C=O) groups is 1. The van der Waals surface area contributed by atoms with Crippen molar-refractivity contribution in [3.05, 3.63) is 0 Å². The molecule has 0 aromatic heterocycles. The molecule has 2 aliphatic rings. The minimum atomic E-state index is -0.398. The van der Waals surface area contributed by atoms with E-state index in [4.69, 9.17) is 10.5 Å². The molecule has 2 fully saturated rings. The molecule has 2 aliphatic carbocycles. The van der Waals surface area contributed by atoms with Gasteiger partial charge in [0.15, 0.2) is 5.96 Å². The van der Waals surface area contributed by atoms with Crippen molar-refractivity contribution in [2.75, 3.05) is 0 Å². The third-order valence-corrected chi connectivity index (χ3v) is 3.69. The molecule has 0 bridgehead atoms. The average Bonchev–Trinajstić information content (AvgIpc) is 3.11. The van der Waals surface area contributed by atoms with Gasteiger partial charge in [-0.3, -0.25) is 9.79 Å². The van der Waals surface area contributed by atoms with Crippen molar-refractivity contribution in [1.29, 1.82) is 0 Å². The molecule has 0 radical (unpaired) electrons. The van der Waals surface area contributed by atoms with E-state index < -0.39 is 5.60 Å². The van der Waals surface area contributed by atoms with Gasteiger partial charge in [-0.15, -0.1) is 0 Å². The zero-order valence-electron chi connectivity index (χ0n) is 12.8. The van der Waals surface area contributed by atoms with Crippen LogP contribution in [0.5, 0.6) is 0 Å². The third kappa shape index (κ3) is 5.02. The van der Waals surface area contributed by atoms with E-state index in [1.54, 1.807) is 0 Å². The molecule has 0 aliphatic heterocycles. The molecule has 5 nitrogen and oxygen atoms in total. The molecular formula is C15H27N3O2. The number of hydrogen-bond donors (Lipinski definition) is 2. The maximum Gasteiger partial charge on any atom is 0.309 e. The first-order valence-electron chi connectivity index (χ1n) is 7.66. The molecule has 20 heavy (non-hydrogen) atoms. The van der Waals surface area contributed by atoms with E-state index >= 15 is 0 Å². The summed E-state index contributed by atoms with van der Waals surface area (Å²) in [6.45, 7) is 5.72. The molecule has 0 atom stereocenters. The summed E-state index contributed by atoms with van der Waals surface area (Å²) >= 11 is 0. The Balaban J connectivity index is 1.75. The van der Waals surface area contributed by atoms with Crippen LogP contribution in [0.2, 0.25) is 0 Å². The van der Waals surface area contributed by atoms with Crippen molar-refractivity contribution in [3.63, 3.8) is 0 Å². The molecule has 2 rings (SSSR count). The average molecular weight is 281 g/mol. The lowest BCUT2D eigenvalue weighted by Crippen LogP contribution is -2.36. The number of aliphatic imine (C=N–C) groups is 1. The van der Waals surface area contributed by atoms with E-state index in [1.165, 1.54) is 12.8 Å². The molecule has 2 saturated carbocycles. The van der Waals surface area contributed by atoms with Gasteiger partial charge in [-0.1, -0.05) is 0 Å². The van der Waals surface area contributed by atoms with Crippen LogP contribution in [0.1, 0.15) is 59.3 Å². The first-order chi connectivity index (χ1) is 9.33. The Kier molecular flexibility index (Phi) is 4.55. The molecular weight excluding hydrogens is 254 g/mol. The predicted molar refractivity (Wildman–Crippen MR) is 79.4 cm³/mol. The van der Waals surface area contributed by atoms with Crippen LogP contribution in [0.4, 0.5) is 0 Å². The molecule has 3 N–H and O–H groups in total. The highest BCUT2D eigenvalue weighted by Gasteiger charge is 2.30. The number of nitrogens with one attached hydrogen (secondary N) is 1. The van der Waals surface area contributed by atoms with Crippen molar-refractivity contribution in [2.45, 2.75) is 77.0 Å². The van der Waals surface area contributed by atoms with Gasteiger partial charge in [0, 0.05) is 6.04 Å². The van der Waals surface area contributed by atoms with E-state index in [9.17, 15) is 4.79 Å². The summed E-state index contributed by atoms with van der Waals surface area (Å²) < 4.78 is 5.44. The van der Waals surface area contributed by atoms with E-state index in [-0.39, 0.29) is 17.9 Å². The lowest BCUT2D eigenvalue weighted by Gasteiger charge is -2.28. The summed E-state index contributed by atoms with van der Waals surface area (Å²) in [6, 6.07) is 0.789. The molecule has 0 aromatic rings. The molecule has 0 amide bonds. The number of carbonyl (C=O) groups excluding carboxylic acids is 1. The SMILES string of the molecule is CC(C)(C)OC(=O)C1CCC(N=C(N)NC2CC2)CC1. The second-order valence-corrected chi connectivity index (χ2v) is 6.97. The summed E-state index contributed by atoms with van der Waals surface area (Å²) in [5.41, 5.74) is 5.47. The fourth-order valence-electron chi connectivity index (χ4n) is 2.50. The zero-order chi connectivity index (χ0) is 14.8. The monoisotopic (exact) mass is 281 g/mol. The van der Waals surface area contributed by atoms with Crippen LogP contribution in [0.15, 0.2) is 4.99 Å². The molecule has 0 saturated heterocycles. The van der Waals surface area contributed by atoms with E-state index in [0.29, 0.717) is 12.0 Å². The number of ether oxygens (including phenoxy) is 1. The van der Waals surface area contributed by atoms with Crippen LogP contribution in [-0.2, 0) is 9.53 Å². The summed E-state index contributed by atoms with van der Waals surface area (Å²) in [6.07, 6.45) is 5.91. The number of nitrogens with two attached hydrogens (primary N) is 1. The van der Waals surface area contributed by atoms with Gasteiger partial charge >= 0.3 is 5.97 Å². The highest BCUT2D eigenvalue weighted by atomic mass is 16.6. The van der Waals surface area contributed by atoms with Crippen molar-refractivity contribution >= 4 is 11.9 Å². The van der Waals surface area contributed by atoms with Gasteiger partial charge in [0.25, 0.3) is 0 Å². The van der Waals surface area contributed by atoms with Gasteiger partial charge in [0.2, 0.25) is 0 Å². The van der Waals surface area contributed by atoms with Gasteiger partial charge in [-0.25, -0.2) is 0 Å². The van der Waals surface area contributed by atoms with Crippen molar-refractivity contribution in [2.24, 2.45) is 16.6 Å². The van der Waals surface area contributed by atoms with Crippen LogP contribution in [0.25, 0.3) is 0 Å². The lowest BCUT2D eigenvalue weighted by atomic mass is 9.86. The van der Waals surface area contributed by atoms with Gasteiger partial charge in [-0.05, 0) is 59.3 Å². The fourth-order valence-corrected chi connectivity index (χ4v) is 2.50. The largest absolute Gasteiger partial charge is 0.460 e. The topological polar surface area (TPSA) is 76.7 Å². The van der Waals surface area contributed by atoms with Gasteiger partial charge < -0.3 is 15.8 Å². The predicted octanol–water partition coefficient (Wildman–Crippen LogP) is 1.95. The van der Waals surface area contributed by atoms with E-state index in [0.717, 1.165) is 25.7 Å². The second-order valence-electron chi connectivity index (χ2n) is 6.97.